The zero-order valence-electron chi connectivity index (χ0n) is 13.7. The van der Waals surface area contributed by atoms with Gasteiger partial charge in [0.15, 0.2) is 5.69 Å². The number of alkyl halides is 3. The number of nitrogens with one attached hydrogen (secondary N) is 1. The van der Waals surface area contributed by atoms with E-state index in [0.29, 0.717) is 12.6 Å². The van der Waals surface area contributed by atoms with Crippen molar-refractivity contribution in [2.45, 2.75) is 38.9 Å². The lowest BCUT2D eigenvalue weighted by Crippen LogP contribution is -2.43. The van der Waals surface area contributed by atoms with Crippen molar-refractivity contribution in [1.82, 2.24) is 20.0 Å². The molecule has 2 rings (SSSR count). The van der Waals surface area contributed by atoms with E-state index in [0.717, 1.165) is 36.8 Å². The van der Waals surface area contributed by atoms with Crippen LogP contribution in [0.1, 0.15) is 42.7 Å². The summed E-state index contributed by atoms with van der Waals surface area (Å²) in [6.07, 6.45) is -1.51. The van der Waals surface area contributed by atoms with Crippen LogP contribution in [0, 0.1) is 5.92 Å². The average Bonchev–Trinajstić information content (AvgIpc) is 2.87. The monoisotopic (exact) mass is 332 g/mol. The Morgan fingerprint density at radius 3 is 2.78 bits per heavy atom. The van der Waals surface area contributed by atoms with E-state index >= 15 is 0 Å². The number of carbonyl (C=O) groups excluding carboxylic acids is 1. The third-order valence-corrected chi connectivity index (χ3v) is 4.17. The molecule has 23 heavy (non-hydrogen) atoms. The Kier molecular flexibility index (Phi) is 5.33. The van der Waals surface area contributed by atoms with E-state index in [1.165, 1.54) is 7.05 Å². The number of hydrogen-bond donors (Lipinski definition) is 1. The second-order valence-electron chi connectivity index (χ2n) is 6.37. The third-order valence-electron chi connectivity index (χ3n) is 4.17. The maximum Gasteiger partial charge on any atom is 0.435 e. The van der Waals surface area contributed by atoms with Gasteiger partial charge in [-0.05, 0) is 39.2 Å². The predicted molar refractivity (Wildman–Crippen MR) is 80.0 cm³/mol. The first-order valence-corrected chi connectivity index (χ1v) is 7.81. The molecule has 1 aromatic heterocycles. The molecular weight excluding hydrogens is 309 g/mol. The number of hydrogen-bond acceptors (Lipinski definition) is 3. The summed E-state index contributed by atoms with van der Waals surface area (Å²) in [7, 11) is 1.37. The molecule has 5 nitrogen and oxygen atoms in total. The van der Waals surface area contributed by atoms with E-state index in [9.17, 15) is 18.0 Å². The Bertz CT molecular complexity index is 553. The number of likely N-dealkylation sites (tertiary alicyclic amines) is 1. The van der Waals surface area contributed by atoms with Gasteiger partial charge in [0.25, 0.3) is 5.91 Å². The van der Waals surface area contributed by atoms with Crippen LogP contribution in [0.2, 0.25) is 0 Å². The lowest BCUT2D eigenvalue weighted by Gasteiger charge is -2.35. The number of halogens is 3. The zero-order valence-corrected chi connectivity index (χ0v) is 13.7. The van der Waals surface area contributed by atoms with Gasteiger partial charge in [-0.25, -0.2) is 0 Å². The molecule has 0 aromatic carbocycles. The van der Waals surface area contributed by atoms with Gasteiger partial charge in [-0.15, -0.1) is 0 Å². The molecule has 0 spiro atoms. The number of rotatable bonds is 4. The van der Waals surface area contributed by atoms with Crippen molar-refractivity contribution in [2.75, 3.05) is 19.6 Å². The standard InChI is InChI=1S/C15H23F3N4O/c1-10(2)22-6-4-5-11(8-22)7-19-14(23)12-9-21(3)20-13(12)15(16,17)18/h9-11H,4-8H2,1-3H3,(H,19,23)/t11-/m0/s1. The first-order valence-electron chi connectivity index (χ1n) is 7.81. The van der Waals surface area contributed by atoms with Crippen molar-refractivity contribution in [3.05, 3.63) is 17.5 Å². The number of carbonyl (C=O) groups is 1. The molecule has 1 fully saturated rings. The molecule has 0 aliphatic carbocycles. The van der Waals surface area contributed by atoms with Crippen molar-refractivity contribution in [3.63, 3.8) is 0 Å². The Morgan fingerprint density at radius 2 is 2.17 bits per heavy atom. The first-order chi connectivity index (χ1) is 10.7. The number of piperidine rings is 1. The molecule has 1 N–H and O–H groups in total. The van der Waals surface area contributed by atoms with Crippen LogP contribution in [-0.2, 0) is 13.2 Å². The van der Waals surface area contributed by atoms with Gasteiger partial charge in [-0.2, -0.15) is 18.3 Å². The lowest BCUT2D eigenvalue weighted by molar-refractivity contribution is -0.141. The molecule has 0 bridgehead atoms. The van der Waals surface area contributed by atoms with Crippen LogP contribution in [0.15, 0.2) is 6.20 Å². The molecule has 130 valence electrons. The van der Waals surface area contributed by atoms with Crippen molar-refractivity contribution < 1.29 is 18.0 Å². The van der Waals surface area contributed by atoms with Gasteiger partial charge in [-0.3, -0.25) is 9.48 Å². The van der Waals surface area contributed by atoms with E-state index in [2.05, 4.69) is 29.2 Å². The molecule has 2 heterocycles. The van der Waals surface area contributed by atoms with Gasteiger partial charge in [-0.1, -0.05) is 0 Å². The van der Waals surface area contributed by atoms with Crippen LogP contribution in [0.5, 0.6) is 0 Å². The molecule has 1 aliphatic heterocycles. The second kappa shape index (κ2) is 6.90. The molecule has 1 saturated heterocycles. The highest BCUT2D eigenvalue weighted by Crippen LogP contribution is 2.30. The van der Waals surface area contributed by atoms with E-state index < -0.39 is 23.3 Å². The topological polar surface area (TPSA) is 50.2 Å². The Hall–Kier alpha value is -1.57. The molecular formula is C15H23F3N4O. The smallest absolute Gasteiger partial charge is 0.352 e. The fourth-order valence-electron chi connectivity index (χ4n) is 2.93. The van der Waals surface area contributed by atoms with E-state index in [-0.39, 0.29) is 5.92 Å². The molecule has 1 amide bonds. The summed E-state index contributed by atoms with van der Waals surface area (Å²) in [6.45, 7) is 6.51. The highest BCUT2D eigenvalue weighted by Gasteiger charge is 2.39. The number of aryl methyl sites for hydroxylation is 1. The highest BCUT2D eigenvalue weighted by molar-refractivity contribution is 5.95. The number of amides is 1. The molecule has 0 radical (unpaired) electrons. The van der Waals surface area contributed by atoms with Gasteiger partial charge < -0.3 is 10.2 Å². The Balaban J connectivity index is 1.98. The van der Waals surface area contributed by atoms with Crippen molar-refractivity contribution in [1.29, 1.82) is 0 Å². The van der Waals surface area contributed by atoms with Crippen molar-refractivity contribution in [2.24, 2.45) is 13.0 Å². The largest absolute Gasteiger partial charge is 0.435 e. The van der Waals surface area contributed by atoms with Crippen LogP contribution in [-0.4, -0.2) is 46.3 Å². The molecule has 1 atom stereocenters. The fraction of sp³-hybridized carbons (Fsp3) is 0.733. The maximum atomic E-state index is 12.9. The molecule has 1 aliphatic rings. The summed E-state index contributed by atoms with van der Waals surface area (Å²) >= 11 is 0. The van der Waals surface area contributed by atoms with Crippen LogP contribution < -0.4 is 5.32 Å². The van der Waals surface area contributed by atoms with E-state index in [4.69, 9.17) is 0 Å². The van der Waals surface area contributed by atoms with Gasteiger partial charge in [0, 0.05) is 32.4 Å². The highest BCUT2D eigenvalue weighted by atomic mass is 19.4. The van der Waals surface area contributed by atoms with Crippen LogP contribution in [0.25, 0.3) is 0 Å². The second-order valence-corrected chi connectivity index (χ2v) is 6.37. The summed E-state index contributed by atoms with van der Waals surface area (Å²) in [6, 6.07) is 0.434. The SMILES string of the molecule is CC(C)N1CCC[C@@H](CNC(=O)c2cn(C)nc2C(F)(F)F)C1. The summed E-state index contributed by atoms with van der Waals surface area (Å²) < 4.78 is 39.7. The van der Waals surface area contributed by atoms with Crippen molar-refractivity contribution in [3.8, 4) is 0 Å². The molecule has 0 unspecified atom stereocenters. The molecule has 1 aromatic rings. The summed E-state index contributed by atoms with van der Waals surface area (Å²) in [5.74, 6) is -0.451. The van der Waals surface area contributed by atoms with Gasteiger partial charge in [0.05, 0.1) is 5.56 Å². The normalized spacial score (nSPS) is 20.0. The Morgan fingerprint density at radius 1 is 1.48 bits per heavy atom. The minimum absolute atomic E-state index is 0.265. The van der Waals surface area contributed by atoms with Gasteiger partial charge in [0.2, 0.25) is 0 Å². The first kappa shape index (κ1) is 17.8. The number of aromatic nitrogens is 2. The van der Waals surface area contributed by atoms with Gasteiger partial charge >= 0.3 is 6.18 Å². The maximum absolute atomic E-state index is 12.9. The summed E-state index contributed by atoms with van der Waals surface area (Å²) in [4.78, 5) is 14.4. The summed E-state index contributed by atoms with van der Waals surface area (Å²) in [5.41, 5.74) is -1.55. The number of nitrogens with zero attached hydrogens (tertiary/aromatic N) is 3. The molecule has 0 saturated carbocycles. The van der Waals surface area contributed by atoms with Crippen LogP contribution >= 0.6 is 0 Å². The van der Waals surface area contributed by atoms with E-state index in [1.54, 1.807) is 0 Å². The summed E-state index contributed by atoms with van der Waals surface area (Å²) in [5, 5.41) is 5.99. The van der Waals surface area contributed by atoms with Gasteiger partial charge in [0.1, 0.15) is 0 Å². The third kappa shape index (κ3) is 4.46. The Labute approximate surface area is 133 Å². The average molecular weight is 332 g/mol. The van der Waals surface area contributed by atoms with Crippen LogP contribution in [0.3, 0.4) is 0 Å². The fourth-order valence-corrected chi connectivity index (χ4v) is 2.93. The minimum atomic E-state index is -4.63. The lowest BCUT2D eigenvalue weighted by atomic mass is 9.97. The van der Waals surface area contributed by atoms with E-state index in [1.807, 2.05) is 0 Å². The minimum Gasteiger partial charge on any atom is -0.352 e. The molecule has 8 heteroatoms. The van der Waals surface area contributed by atoms with Crippen LogP contribution in [0.4, 0.5) is 13.2 Å². The quantitative estimate of drug-likeness (QED) is 0.920. The van der Waals surface area contributed by atoms with Crippen molar-refractivity contribution >= 4 is 5.91 Å². The predicted octanol–water partition coefficient (Wildman–Crippen LogP) is 2.29. The zero-order chi connectivity index (χ0) is 17.2.